The Hall–Kier alpha value is -3.12. The Morgan fingerprint density at radius 3 is 2.42 bits per heavy atom. The van der Waals surface area contributed by atoms with Gasteiger partial charge in [0.25, 0.3) is 11.7 Å². The highest BCUT2D eigenvalue weighted by Gasteiger charge is 2.45. The lowest BCUT2D eigenvalue weighted by Gasteiger charge is -2.27. The number of carbonyl (C=O) groups excluding carboxylic acids is 2. The number of likely N-dealkylation sites (tertiary alicyclic amines) is 1. The number of ether oxygens (including phenoxy) is 1. The van der Waals surface area contributed by atoms with Crippen molar-refractivity contribution >= 4 is 17.4 Å². The largest absolute Gasteiger partial charge is 0.507 e. The Balaban J connectivity index is 2.10. The Labute approximate surface area is 196 Å². The van der Waals surface area contributed by atoms with E-state index in [0.29, 0.717) is 36.9 Å². The monoisotopic (exact) mass is 450 g/mol. The van der Waals surface area contributed by atoms with Gasteiger partial charge >= 0.3 is 0 Å². The van der Waals surface area contributed by atoms with Crippen molar-refractivity contribution in [1.82, 2.24) is 9.80 Å². The first-order valence-corrected chi connectivity index (χ1v) is 11.5. The smallest absolute Gasteiger partial charge is 0.295 e. The number of rotatable bonds is 9. The summed E-state index contributed by atoms with van der Waals surface area (Å²) in [4.78, 5) is 29.7. The van der Waals surface area contributed by atoms with Gasteiger partial charge in [-0.1, -0.05) is 57.2 Å². The SMILES string of the molecule is CCCOc1cccc(/C(O)=C2\C(=O)C(=O)N(CCN(C)C)C2c2ccc(C(C)C)cc2)c1. The summed E-state index contributed by atoms with van der Waals surface area (Å²) in [5.74, 6) is -0.454. The number of nitrogens with zero attached hydrogens (tertiary/aromatic N) is 2. The number of likely N-dealkylation sites (N-methyl/N-ethyl adjacent to an activating group) is 1. The number of benzene rings is 2. The van der Waals surface area contributed by atoms with Crippen LogP contribution in [0.25, 0.3) is 5.76 Å². The summed E-state index contributed by atoms with van der Waals surface area (Å²) in [6.45, 7) is 7.79. The van der Waals surface area contributed by atoms with E-state index in [9.17, 15) is 14.7 Å². The molecule has 6 nitrogen and oxygen atoms in total. The molecule has 1 amide bonds. The summed E-state index contributed by atoms with van der Waals surface area (Å²) in [6.07, 6.45) is 0.861. The lowest BCUT2D eigenvalue weighted by Crippen LogP contribution is -2.35. The Bertz CT molecular complexity index is 1020. The van der Waals surface area contributed by atoms with Crippen molar-refractivity contribution in [2.45, 2.75) is 39.2 Å². The second-order valence-corrected chi connectivity index (χ2v) is 8.99. The molecule has 176 valence electrons. The second-order valence-electron chi connectivity index (χ2n) is 8.99. The van der Waals surface area contributed by atoms with Gasteiger partial charge in [0.1, 0.15) is 11.5 Å². The van der Waals surface area contributed by atoms with Crippen molar-refractivity contribution in [2.75, 3.05) is 33.8 Å². The lowest BCUT2D eigenvalue weighted by molar-refractivity contribution is -0.140. The van der Waals surface area contributed by atoms with Crippen molar-refractivity contribution < 1.29 is 19.4 Å². The summed E-state index contributed by atoms with van der Waals surface area (Å²) in [5.41, 5.74) is 2.55. The van der Waals surface area contributed by atoms with Crippen LogP contribution in [-0.2, 0) is 9.59 Å². The van der Waals surface area contributed by atoms with Gasteiger partial charge in [0.05, 0.1) is 18.2 Å². The quantitative estimate of drug-likeness (QED) is 0.344. The molecule has 3 rings (SSSR count). The topological polar surface area (TPSA) is 70.1 Å². The van der Waals surface area contributed by atoms with Crippen molar-refractivity contribution in [3.05, 3.63) is 70.8 Å². The van der Waals surface area contributed by atoms with Crippen LogP contribution < -0.4 is 4.74 Å². The van der Waals surface area contributed by atoms with Gasteiger partial charge in [0.15, 0.2) is 0 Å². The number of hydrogen-bond acceptors (Lipinski definition) is 5. The van der Waals surface area contributed by atoms with Gasteiger partial charge in [-0.15, -0.1) is 0 Å². The average molecular weight is 451 g/mol. The van der Waals surface area contributed by atoms with Crippen molar-refractivity contribution in [3.8, 4) is 5.75 Å². The minimum Gasteiger partial charge on any atom is -0.507 e. The summed E-state index contributed by atoms with van der Waals surface area (Å²) in [5, 5.41) is 11.2. The minimum absolute atomic E-state index is 0.115. The number of amides is 1. The third kappa shape index (κ3) is 5.45. The van der Waals surface area contributed by atoms with Crippen molar-refractivity contribution in [3.63, 3.8) is 0 Å². The minimum atomic E-state index is -0.663. The predicted molar refractivity (Wildman–Crippen MR) is 130 cm³/mol. The molecule has 0 radical (unpaired) electrons. The van der Waals surface area contributed by atoms with Crippen molar-refractivity contribution in [1.29, 1.82) is 0 Å². The van der Waals surface area contributed by atoms with Gasteiger partial charge in [0, 0.05) is 18.7 Å². The van der Waals surface area contributed by atoms with Gasteiger partial charge < -0.3 is 19.6 Å². The van der Waals surface area contributed by atoms with Crippen LogP contribution in [0.1, 0.15) is 55.8 Å². The highest BCUT2D eigenvalue weighted by atomic mass is 16.5. The van der Waals surface area contributed by atoms with Gasteiger partial charge in [-0.05, 0) is 49.7 Å². The molecule has 0 spiro atoms. The molecule has 1 N–H and O–H groups in total. The van der Waals surface area contributed by atoms with E-state index in [2.05, 4.69) is 13.8 Å². The second kappa shape index (κ2) is 10.7. The molecular weight excluding hydrogens is 416 g/mol. The molecule has 1 aliphatic rings. The molecule has 6 heteroatoms. The van der Waals surface area contributed by atoms with Crippen molar-refractivity contribution in [2.24, 2.45) is 0 Å². The first kappa shape index (κ1) is 24.5. The maximum Gasteiger partial charge on any atom is 0.295 e. The fourth-order valence-electron chi connectivity index (χ4n) is 3.94. The van der Waals surface area contributed by atoms with Crippen LogP contribution in [0.2, 0.25) is 0 Å². The maximum absolute atomic E-state index is 13.1. The van der Waals surface area contributed by atoms with E-state index in [-0.39, 0.29) is 11.3 Å². The molecule has 1 aliphatic heterocycles. The molecule has 0 bridgehead atoms. The van der Waals surface area contributed by atoms with E-state index in [1.165, 1.54) is 5.56 Å². The fourth-order valence-corrected chi connectivity index (χ4v) is 3.94. The molecule has 0 saturated carbocycles. The zero-order valence-electron chi connectivity index (χ0n) is 20.2. The van der Waals surface area contributed by atoms with E-state index < -0.39 is 17.7 Å². The molecule has 2 aromatic carbocycles. The zero-order valence-corrected chi connectivity index (χ0v) is 20.2. The number of carbonyl (C=O) groups is 2. The maximum atomic E-state index is 13.1. The highest BCUT2D eigenvalue weighted by molar-refractivity contribution is 6.46. The first-order valence-electron chi connectivity index (χ1n) is 11.5. The molecule has 1 atom stereocenters. The van der Waals surface area contributed by atoms with Crippen LogP contribution in [0.4, 0.5) is 0 Å². The molecule has 1 saturated heterocycles. The summed E-state index contributed by atoms with van der Waals surface area (Å²) in [6, 6.07) is 14.3. The van der Waals surface area contributed by atoms with Crippen LogP contribution in [0.15, 0.2) is 54.1 Å². The highest BCUT2D eigenvalue weighted by Crippen LogP contribution is 2.40. The summed E-state index contributed by atoms with van der Waals surface area (Å²) >= 11 is 0. The molecule has 1 unspecified atom stereocenters. The van der Waals surface area contributed by atoms with Gasteiger partial charge in [-0.3, -0.25) is 9.59 Å². The van der Waals surface area contributed by atoms with Crippen LogP contribution in [0.5, 0.6) is 5.75 Å². The average Bonchev–Trinajstić information content (AvgIpc) is 3.05. The van der Waals surface area contributed by atoms with E-state index in [1.54, 1.807) is 23.1 Å². The number of ketones is 1. The van der Waals surface area contributed by atoms with Crippen LogP contribution >= 0.6 is 0 Å². The van der Waals surface area contributed by atoms with Gasteiger partial charge in [-0.25, -0.2) is 0 Å². The first-order chi connectivity index (χ1) is 15.7. The third-order valence-electron chi connectivity index (χ3n) is 5.83. The molecule has 33 heavy (non-hydrogen) atoms. The molecule has 1 fully saturated rings. The zero-order chi connectivity index (χ0) is 24.1. The van der Waals surface area contributed by atoms with Crippen LogP contribution in [0.3, 0.4) is 0 Å². The van der Waals surface area contributed by atoms with E-state index >= 15 is 0 Å². The molecule has 1 heterocycles. The predicted octanol–water partition coefficient (Wildman–Crippen LogP) is 4.58. The normalized spacial score (nSPS) is 17.9. The standard InChI is InChI=1S/C27H34N2O4/c1-6-16-33-22-9-7-8-21(17-22)25(30)23-24(20-12-10-19(11-13-20)18(2)3)29(15-14-28(4)5)27(32)26(23)31/h7-13,17-18,24,30H,6,14-16H2,1-5H3/b25-23+. The van der Waals surface area contributed by atoms with Gasteiger partial charge in [0.2, 0.25) is 0 Å². The van der Waals surface area contributed by atoms with Crippen LogP contribution in [0, 0.1) is 0 Å². The number of hydrogen-bond donors (Lipinski definition) is 1. The lowest BCUT2D eigenvalue weighted by atomic mass is 9.93. The van der Waals surface area contributed by atoms with E-state index in [1.807, 2.05) is 56.3 Å². The third-order valence-corrected chi connectivity index (χ3v) is 5.83. The Kier molecular flexibility index (Phi) is 7.92. The summed E-state index contributed by atoms with van der Waals surface area (Å²) < 4.78 is 5.69. The fraction of sp³-hybridized carbons (Fsp3) is 0.407. The van der Waals surface area contributed by atoms with Crippen LogP contribution in [-0.4, -0.2) is 60.4 Å². The molecule has 2 aromatic rings. The van der Waals surface area contributed by atoms with Gasteiger partial charge in [-0.2, -0.15) is 0 Å². The number of aliphatic hydroxyl groups excluding tert-OH is 1. The number of aliphatic hydroxyl groups is 1. The molecular formula is C27H34N2O4. The molecule has 0 aromatic heterocycles. The summed E-state index contributed by atoms with van der Waals surface area (Å²) in [7, 11) is 3.84. The molecule has 0 aliphatic carbocycles. The number of Topliss-reactive ketones (excluding diaryl/α,β-unsaturated/α-hetero) is 1. The Morgan fingerprint density at radius 2 is 1.82 bits per heavy atom. The van der Waals surface area contributed by atoms with E-state index in [4.69, 9.17) is 4.74 Å². The Morgan fingerprint density at radius 1 is 1.12 bits per heavy atom. The van der Waals surface area contributed by atoms with E-state index in [0.717, 1.165) is 12.0 Å².